The Morgan fingerprint density at radius 2 is 0.954 bits per heavy atom. The van der Waals surface area contributed by atoms with Gasteiger partial charge in [0.1, 0.15) is 71.5 Å². The summed E-state index contributed by atoms with van der Waals surface area (Å²) in [6, 6.07) is 21.4. The maximum Gasteiger partial charge on any atom is 0.368 e. The number of quaternary nitrogens is 2. The third-order valence-corrected chi connectivity index (χ3v) is 18.4. The number of aromatic nitrogens is 4. The van der Waals surface area contributed by atoms with Gasteiger partial charge in [0.05, 0.1) is 31.0 Å². The van der Waals surface area contributed by atoms with Crippen molar-refractivity contribution in [3.63, 3.8) is 0 Å². The largest absolute Gasteiger partial charge is 0.488 e. The highest BCUT2D eigenvalue weighted by Crippen LogP contribution is 2.43. The SMILES string of the molecule is CC(C)(C)c1cc(NC(=O)Nc2ccc(NC(=O)c3ccc(OC4CC[N+](OS(=O)(=O)C(CS(=O)(=O)O)[N+]5(C(C)(C)C)CCC(Oc6ccc(C(=O)Nc7ccc(NC(=O)Nc8cc(C(C)(C)C)on8)cc7)nc6)CC5)(C5CC5)CC4)cn3)cc2)no1. The van der Waals surface area contributed by atoms with E-state index in [0.29, 0.717) is 84.3 Å². The fourth-order valence-corrected chi connectivity index (χ4v) is 14.4. The monoisotopic (exact) mass is 1240 g/mol. The van der Waals surface area contributed by atoms with E-state index in [1.54, 1.807) is 72.8 Å². The standard InChI is InChI=1S/C59H74N12O14S2/c1-57(2,3)48-32-50(68-83-48)66-55(74)64-39-14-10-37(11-15-39)62-53(72)46-22-20-44(34-60-46)81-42-24-28-70(29-25-42,59(7,8)9)52(36-86(76,77)78)87(79,80)85-71(41-18-19-41)30-26-43(27-31-71)82-45-21-23-47(61-35-45)54(73)63-38-12-16-40(17-13-38)65-56(75)67-51-33-49(84-69-51)58(4,5)6/h10-17,20-23,32-35,41-43,52H,18-19,24-31,36H2,1-9H3,(H5-2,60,61,62,63,64,65,66,67,68,69,72,73,74,75,76,77,78)/p+2. The lowest BCUT2D eigenvalue weighted by Crippen LogP contribution is -2.73. The summed E-state index contributed by atoms with van der Waals surface area (Å²) in [4.78, 5) is 60.1. The lowest BCUT2D eigenvalue weighted by molar-refractivity contribution is -1.09. The Hall–Kier alpha value is -8.02. The number of hydrogen-bond donors (Lipinski definition) is 7. The number of anilines is 6. The van der Waals surface area contributed by atoms with Gasteiger partial charge in [0, 0.05) is 84.2 Å². The topological polar surface area (TPSA) is 334 Å². The average molecular weight is 1240 g/mol. The molecule has 2 saturated heterocycles. The summed E-state index contributed by atoms with van der Waals surface area (Å²) < 4.78 is 95.2. The zero-order chi connectivity index (χ0) is 62.7. The van der Waals surface area contributed by atoms with Crippen LogP contribution in [0.2, 0.25) is 0 Å². The van der Waals surface area contributed by atoms with Crippen molar-refractivity contribution < 1.29 is 72.5 Å². The Labute approximate surface area is 505 Å². The number of likely N-dealkylation sites (tertiary alicyclic amines) is 2. The van der Waals surface area contributed by atoms with E-state index in [0.717, 1.165) is 0 Å². The molecule has 0 spiro atoms. The molecule has 466 valence electrons. The number of ether oxygens (including phenoxy) is 2. The predicted molar refractivity (Wildman–Crippen MR) is 323 cm³/mol. The number of nitrogens with one attached hydrogen (secondary N) is 6. The number of carbonyl (C=O) groups is 4. The van der Waals surface area contributed by atoms with Gasteiger partial charge in [-0.15, -0.1) is 0 Å². The summed E-state index contributed by atoms with van der Waals surface area (Å²) in [6.07, 6.45) is 4.88. The summed E-state index contributed by atoms with van der Waals surface area (Å²) in [5.41, 5.74) is 0.655. The van der Waals surface area contributed by atoms with Gasteiger partial charge in [-0.05, 0) is 93.6 Å². The number of hydrogen-bond acceptors (Lipinski definition) is 17. The molecular weight excluding hydrogens is 1160 g/mol. The van der Waals surface area contributed by atoms with Crippen molar-refractivity contribution in [1.29, 1.82) is 0 Å². The van der Waals surface area contributed by atoms with Gasteiger partial charge < -0.3 is 44.3 Å². The minimum Gasteiger partial charge on any atom is -0.488 e. The molecule has 6 heterocycles. The summed E-state index contributed by atoms with van der Waals surface area (Å²) in [5.74, 6) is 0.485. The van der Waals surface area contributed by atoms with Gasteiger partial charge in [0.15, 0.2) is 11.6 Å². The highest BCUT2D eigenvalue weighted by atomic mass is 32.2. The smallest absolute Gasteiger partial charge is 0.368 e. The normalized spacial score (nSPS) is 20.5. The van der Waals surface area contributed by atoms with E-state index >= 15 is 0 Å². The molecule has 7 N–H and O–H groups in total. The lowest BCUT2D eigenvalue weighted by Gasteiger charge is -2.55. The van der Waals surface area contributed by atoms with Crippen LogP contribution in [0.3, 0.4) is 0 Å². The van der Waals surface area contributed by atoms with Crippen LogP contribution in [0, 0.1) is 0 Å². The molecule has 0 bridgehead atoms. The van der Waals surface area contributed by atoms with E-state index < -0.39 is 66.9 Å². The van der Waals surface area contributed by atoms with Crippen molar-refractivity contribution in [3.8, 4) is 11.5 Å². The first-order chi connectivity index (χ1) is 40.8. The summed E-state index contributed by atoms with van der Waals surface area (Å²) in [6.45, 7) is 18.1. The van der Waals surface area contributed by atoms with Crippen molar-refractivity contribution in [1.82, 2.24) is 20.3 Å². The second-order valence-corrected chi connectivity index (χ2v) is 28.5. The zero-order valence-electron chi connectivity index (χ0n) is 50.1. The molecule has 1 aliphatic carbocycles. The molecule has 0 radical (unpaired) electrons. The molecule has 87 heavy (non-hydrogen) atoms. The molecule has 9 rings (SSSR count). The van der Waals surface area contributed by atoms with E-state index in [1.807, 2.05) is 62.3 Å². The van der Waals surface area contributed by atoms with Gasteiger partial charge in [-0.25, -0.2) is 19.6 Å². The Morgan fingerprint density at radius 1 is 0.563 bits per heavy atom. The van der Waals surface area contributed by atoms with E-state index in [2.05, 4.69) is 52.2 Å². The lowest BCUT2D eigenvalue weighted by atomic mass is 9.93. The maximum atomic E-state index is 15.0. The Kier molecular flexibility index (Phi) is 18.2. The molecule has 26 nitrogen and oxygen atoms in total. The second-order valence-electron chi connectivity index (χ2n) is 25.3. The van der Waals surface area contributed by atoms with Gasteiger partial charge >= 0.3 is 22.2 Å². The molecule has 6 amide bonds. The van der Waals surface area contributed by atoms with Crippen LogP contribution in [0.4, 0.5) is 44.0 Å². The summed E-state index contributed by atoms with van der Waals surface area (Å²) >= 11 is 0. The number of amides is 6. The number of pyridine rings is 2. The van der Waals surface area contributed by atoms with E-state index in [9.17, 15) is 40.6 Å². The van der Waals surface area contributed by atoms with Crippen LogP contribution in [0.5, 0.6) is 11.5 Å². The molecule has 1 saturated carbocycles. The quantitative estimate of drug-likeness (QED) is 0.0293. The van der Waals surface area contributed by atoms with Crippen LogP contribution in [-0.4, -0.2) is 136 Å². The van der Waals surface area contributed by atoms with Crippen LogP contribution >= 0.6 is 0 Å². The summed E-state index contributed by atoms with van der Waals surface area (Å²) in [7, 11) is -9.61. The number of benzene rings is 2. The van der Waals surface area contributed by atoms with E-state index in [4.69, 9.17) is 22.8 Å². The highest BCUT2D eigenvalue weighted by molar-refractivity contribution is 7.90. The maximum absolute atomic E-state index is 15.0. The molecule has 4 aromatic heterocycles. The number of carbonyl (C=O) groups excluding carboxylic acids is 4. The van der Waals surface area contributed by atoms with Crippen LogP contribution in [0.25, 0.3) is 0 Å². The molecule has 28 heteroatoms. The first-order valence-corrected chi connectivity index (χ1v) is 31.7. The van der Waals surface area contributed by atoms with Crippen LogP contribution in [-0.2, 0) is 35.4 Å². The second kappa shape index (κ2) is 25.0. The molecule has 3 fully saturated rings. The van der Waals surface area contributed by atoms with Crippen molar-refractivity contribution >= 4 is 78.5 Å². The minimum absolute atomic E-state index is 0.103. The Balaban J connectivity index is 0.760. The Bertz CT molecular complexity index is 3650. The van der Waals surface area contributed by atoms with E-state index in [1.165, 1.54) is 24.5 Å². The van der Waals surface area contributed by atoms with Gasteiger partial charge in [-0.2, -0.15) is 21.5 Å². The molecular formula is C59H76N12O14S2+2. The van der Waals surface area contributed by atoms with Crippen molar-refractivity contribution in [3.05, 3.63) is 120 Å². The fraction of sp³-hybridized carbons (Fsp3) is 0.458. The highest BCUT2D eigenvalue weighted by Gasteiger charge is 2.61. The van der Waals surface area contributed by atoms with Gasteiger partial charge in [0.25, 0.3) is 21.9 Å². The van der Waals surface area contributed by atoms with Crippen molar-refractivity contribution in [2.24, 2.45) is 0 Å². The van der Waals surface area contributed by atoms with Crippen LogP contribution < -0.4 is 41.4 Å². The van der Waals surface area contributed by atoms with Gasteiger partial charge in [0.2, 0.25) is 5.37 Å². The predicted octanol–water partition coefficient (Wildman–Crippen LogP) is 9.69. The number of nitrogens with zero attached hydrogens (tertiary/aromatic N) is 6. The van der Waals surface area contributed by atoms with Crippen molar-refractivity contribution in [2.75, 3.05) is 63.8 Å². The molecule has 2 aliphatic heterocycles. The average Bonchev–Trinajstić information content (AvgIpc) is 1.43. The van der Waals surface area contributed by atoms with Gasteiger partial charge in [-0.3, -0.25) is 24.8 Å². The number of piperidine rings is 2. The summed E-state index contributed by atoms with van der Waals surface area (Å²) in [5, 5.41) is 22.3. The third-order valence-electron chi connectivity index (χ3n) is 15.7. The molecule has 1 atom stereocenters. The van der Waals surface area contributed by atoms with E-state index in [-0.39, 0.29) is 81.3 Å². The van der Waals surface area contributed by atoms with Gasteiger partial charge in [-0.1, -0.05) is 56.1 Å². The molecule has 2 aromatic carbocycles. The number of rotatable bonds is 19. The molecule has 1 unspecified atom stereocenters. The van der Waals surface area contributed by atoms with Crippen LogP contribution in [0.1, 0.15) is 133 Å². The zero-order valence-corrected chi connectivity index (χ0v) is 51.7. The third kappa shape index (κ3) is 16.1. The first-order valence-electron chi connectivity index (χ1n) is 28.7. The first kappa shape index (κ1) is 63.5. The van der Waals surface area contributed by atoms with Crippen molar-refractivity contribution in [2.45, 2.75) is 141 Å². The van der Waals surface area contributed by atoms with Crippen LogP contribution in [0.15, 0.2) is 106 Å². The fourth-order valence-electron chi connectivity index (χ4n) is 10.7. The molecule has 6 aromatic rings. The number of urea groups is 2. The Morgan fingerprint density at radius 3 is 1.29 bits per heavy atom. The molecule has 3 aliphatic rings. The minimum atomic E-state index is -4.86. The number of hydroxylamine groups is 3.